The SMILES string of the molecule is C#Cc1c(-c2ccc(C)cn2)n(C2CCC2)c2nc(C)ccc12.CC. The van der Waals surface area contributed by atoms with Gasteiger partial charge >= 0.3 is 0 Å². The van der Waals surface area contributed by atoms with Crippen molar-refractivity contribution in [3.05, 3.63) is 47.3 Å². The summed E-state index contributed by atoms with van der Waals surface area (Å²) in [6.45, 7) is 8.07. The predicted octanol–water partition coefficient (Wildman–Crippen LogP) is 5.45. The summed E-state index contributed by atoms with van der Waals surface area (Å²) in [6.07, 6.45) is 11.4. The minimum atomic E-state index is 0.479. The Hall–Kier alpha value is -2.60. The number of fused-ring (bicyclic) bond motifs is 1. The number of pyridine rings is 2. The number of hydrogen-bond acceptors (Lipinski definition) is 2. The number of aryl methyl sites for hydroxylation is 2. The molecule has 1 fully saturated rings. The molecule has 0 unspecified atom stereocenters. The minimum absolute atomic E-state index is 0.479. The smallest absolute Gasteiger partial charge is 0.142 e. The average Bonchev–Trinajstić information content (AvgIpc) is 2.89. The first-order chi connectivity index (χ1) is 12.2. The molecule has 3 aromatic rings. The zero-order valence-corrected chi connectivity index (χ0v) is 15.5. The summed E-state index contributed by atoms with van der Waals surface area (Å²) in [5.41, 5.74) is 6.06. The van der Waals surface area contributed by atoms with E-state index >= 15 is 0 Å². The van der Waals surface area contributed by atoms with Crippen LogP contribution in [0.3, 0.4) is 0 Å². The van der Waals surface area contributed by atoms with E-state index in [0.29, 0.717) is 6.04 Å². The van der Waals surface area contributed by atoms with Crippen LogP contribution in [0.1, 0.15) is 56.0 Å². The molecule has 1 aliphatic rings. The molecule has 3 heteroatoms. The molecule has 0 spiro atoms. The topological polar surface area (TPSA) is 30.7 Å². The number of hydrogen-bond donors (Lipinski definition) is 0. The van der Waals surface area contributed by atoms with Crippen molar-refractivity contribution < 1.29 is 0 Å². The van der Waals surface area contributed by atoms with Crippen LogP contribution in [0.4, 0.5) is 0 Å². The molecule has 0 radical (unpaired) electrons. The van der Waals surface area contributed by atoms with Crippen LogP contribution in [0.5, 0.6) is 0 Å². The molecule has 0 saturated heterocycles. The van der Waals surface area contributed by atoms with E-state index in [1.165, 1.54) is 19.3 Å². The Bertz CT molecular complexity index is 923. The zero-order valence-electron chi connectivity index (χ0n) is 15.5. The summed E-state index contributed by atoms with van der Waals surface area (Å²) in [4.78, 5) is 9.42. The van der Waals surface area contributed by atoms with E-state index < -0.39 is 0 Å². The van der Waals surface area contributed by atoms with E-state index in [1.807, 2.05) is 40.0 Å². The Morgan fingerprint density at radius 1 is 1.12 bits per heavy atom. The van der Waals surface area contributed by atoms with Gasteiger partial charge in [-0.2, -0.15) is 0 Å². The Morgan fingerprint density at radius 2 is 1.88 bits per heavy atom. The van der Waals surface area contributed by atoms with E-state index in [1.54, 1.807) is 0 Å². The molecule has 0 aromatic carbocycles. The van der Waals surface area contributed by atoms with Gasteiger partial charge < -0.3 is 4.57 Å². The van der Waals surface area contributed by atoms with Crippen molar-refractivity contribution in [1.29, 1.82) is 0 Å². The van der Waals surface area contributed by atoms with Gasteiger partial charge in [0.05, 0.1) is 17.0 Å². The maximum absolute atomic E-state index is 5.88. The van der Waals surface area contributed by atoms with Crippen LogP contribution in [0.15, 0.2) is 30.5 Å². The lowest BCUT2D eigenvalue weighted by atomic mass is 9.92. The van der Waals surface area contributed by atoms with Crippen LogP contribution in [-0.4, -0.2) is 14.5 Å². The van der Waals surface area contributed by atoms with Gasteiger partial charge in [0.1, 0.15) is 5.65 Å². The molecule has 0 N–H and O–H groups in total. The van der Waals surface area contributed by atoms with Gasteiger partial charge in [0.15, 0.2) is 0 Å². The lowest BCUT2D eigenvalue weighted by molar-refractivity contribution is 0.322. The first kappa shape index (κ1) is 17.2. The molecule has 3 nitrogen and oxygen atoms in total. The molecule has 1 saturated carbocycles. The maximum Gasteiger partial charge on any atom is 0.142 e. The van der Waals surface area contributed by atoms with Crippen molar-refractivity contribution in [2.45, 2.75) is 53.0 Å². The highest BCUT2D eigenvalue weighted by Crippen LogP contribution is 2.41. The maximum atomic E-state index is 5.88. The standard InChI is InChI=1S/C20H19N3.C2H6/c1-4-16-17-10-9-14(3)22-20(17)23(15-6-5-7-15)19(16)18-11-8-13(2)12-21-18;1-2/h1,8-12,15H,5-7H2,2-3H3;1-2H3. The van der Waals surface area contributed by atoms with Crippen molar-refractivity contribution >= 4 is 11.0 Å². The molecule has 1 aliphatic carbocycles. The third-order valence-corrected chi connectivity index (χ3v) is 4.73. The quantitative estimate of drug-likeness (QED) is 0.585. The lowest BCUT2D eigenvalue weighted by Gasteiger charge is -2.29. The molecule has 3 heterocycles. The van der Waals surface area contributed by atoms with E-state index in [4.69, 9.17) is 11.4 Å². The molecular weight excluding hydrogens is 306 g/mol. The first-order valence-corrected chi connectivity index (χ1v) is 9.10. The third-order valence-electron chi connectivity index (χ3n) is 4.73. The normalized spacial score (nSPS) is 13.7. The molecule has 0 aliphatic heterocycles. The van der Waals surface area contributed by atoms with Crippen LogP contribution in [0.2, 0.25) is 0 Å². The molecule has 25 heavy (non-hydrogen) atoms. The van der Waals surface area contributed by atoms with Gasteiger partial charge in [-0.3, -0.25) is 4.98 Å². The van der Waals surface area contributed by atoms with Crippen molar-refractivity contribution in [2.75, 3.05) is 0 Å². The summed E-state index contributed by atoms with van der Waals surface area (Å²) in [6, 6.07) is 8.75. The highest BCUT2D eigenvalue weighted by atomic mass is 15.1. The summed E-state index contributed by atoms with van der Waals surface area (Å²) < 4.78 is 2.33. The van der Waals surface area contributed by atoms with Gasteiger partial charge in [0.2, 0.25) is 0 Å². The fourth-order valence-corrected chi connectivity index (χ4v) is 3.28. The highest BCUT2D eigenvalue weighted by Gasteiger charge is 2.28. The average molecular weight is 331 g/mol. The number of terminal acetylenes is 1. The second-order valence-corrected chi connectivity index (χ2v) is 6.37. The highest BCUT2D eigenvalue weighted by molar-refractivity contribution is 5.92. The molecular formula is C22H25N3. The monoisotopic (exact) mass is 331 g/mol. The van der Waals surface area contributed by atoms with E-state index in [2.05, 4.69) is 33.7 Å². The van der Waals surface area contributed by atoms with Crippen LogP contribution >= 0.6 is 0 Å². The van der Waals surface area contributed by atoms with Crippen molar-refractivity contribution in [2.24, 2.45) is 0 Å². The van der Waals surface area contributed by atoms with Crippen LogP contribution in [0.25, 0.3) is 22.4 Å². The van der Waals surface area contributed by atoms with E-state index in [0.717, 1.165) is 39.2 Å². The largest absolute Gasteiger partial charge is 0.320 e. The van der Waals surface area contributed by atoms with E-state index in [9.17, 15) is 0 Å². The zero-order chi connectivity index (χ0) is 18.0. The summed E-state index contributed by atoms with van der Waals surface area (Å²) >= 11 is 0. The molecule has 0 bridgehead atoms. The molecule has 4 rings (SSSR count). The summed E-state index contributed by atoms with van der Waals surface area (Å²) in [7, 11) is 0. The van der Waals surface area contributed by atoms with Crippen molar-refractivity contribution in [3.8, 4) is 23.7 Å². The Balaban J connectivity index is 0.000000880. The Kier molecular flexibility index (Phi) is 4.90. The van der Waals surface area contributed by atoms with E-state index in [-0.39, 0.29) is 0 Å². The van der Waals surface area contributed by atoms with Crippen LogP contribution in [-0.2, 0) is 0 Å². The Labute approximate surface area is 150 Å². The molecule has 3 aromatic heterocycles. The fraction of sp³-hybridized carbons (Fsp3) is 0.364. The lowest BCUT2D eigenvalue weighted by Crippen LogP contribution is -2.18. The number of rotatable bonds is 2. The second-order valence-electron chi connectivity index (χ2n) is 6.37. The van der Waals surface area contributed by atoms with Gasteiger partial charge in [0.25, 0.3) is 0 Å². The van der Waals surface area contributed by atoms with Gasteiger partial charge in [-0.1, -0.05) is 25.8 Å². The van der Waals surface area contributed by atoms with Crippen molar-refractivity contribution in [3.63, 3.8) is 0 Å². The van der Waals surface area contributed by atoms with Gasteiger partial charge in [0, 0.05) is 23.3 Å². The second kappa shape index (κ2) is 7.11. The van der Waals surface area contributed by atoms with Crippen LogP contribution < -0.4 is 0 Å². The van der Waals surface area contributed by atoms with Gasteiger partial charge in [-0.05, 0) is 56.9 Å². The minimum Gasteiger partial charge on any atom is -0.320 e. The number of aromatic nitrogens is 3. The van der Waals surface area contributed by atoms with Gasteiger partial charge in [-0.25, -0.2) is 4.98 Å². The van der Waals surface area contributed by atoms with Crippen molar-refractivity contribution in [1.82, 2.24) is 14.5 Å². The molecule has 0 atom stereocenters. The third kappa shape index (κ3) is 2.93. The van der Waals surface area contributed by atoms with Crippen LogP contribution in [0, 0.1) is 26.2 Å². The Morgan fingerprint density at radius 3 is 2.44 bits per heavy atom. The number of nitrogens with zero attached hydrogens (tertiary/aromatic N) is 3. The fourth-order valence-electron chi connectivity index (χ4n) is 3.28. The summed E-state index contributed by atoms with van der Waals surface area (Å²) in [5, 5.41) is 1.06. The molecule has 128 valence electrons. The summed E-state index contributed by atoms with van der Waals surface area (Å²) in [5.74, 6) is 2.89. The first-order valence-electron chi connectivity index (χ1n) is 9.10. The molecule has 0 amide bonds. The predicted molar refractivity (Wildman–Crippen MR) is 105 cm³/mol. The van der Waals surface area contributed by atoms with Gasteiger partial charge in [-0.15, -0.1) is 6.42 Å².